The topological polar surface area (TPSA) is 12.0 Å². The van der Waals surface area contributed by atoms with E-state index in [9.17, 15) is 8.78 Å². The Hall–Kier alpha value is 0.110. The van der Waals surface area contributed by atoms with Gasteiger partial charge in [0.15, 0.2) is 0 Å². The standard InChI is InChI=1S/C8H15F2N.ClH/c1-8(2,7(9)10)6-3-4-11-5-6;/h6-7,11H,3-5H2,1-2H3;1H. The van der Waals surface area contributed by atoms with Gasteiger partial charge in [-0.25, -0.2) is 8.78 Å². The highest BCUT2D eigenvalue weighted by atomic mass is 35.5. The van der Waals surface area contributed by atoms with Gasteiger partial charge in [0, 0.05) is 5.41 Å². The summed E-state index contributed by atoms with van der Waals surface area (Å²) in [7, 11) is 0. The summed E-state index contributed by atoms with van der Waals surface area (Å²) < 4.78 is 24.9. The van der Waals surface area contributed by atoms with Crippen molar-refractivity contribution in [3.05, 3.63) is 0 Å². The van der Waals surface area contributed by atoms with Gasteiger partial charge in [0.1, 0.15) is 0 Å². The molecule has 74 valence electrons. The highest BCUT2D eigenvalue weighted by molar-refractivity contribution is 5.85. The van der Waals surface area contributed by atoms with Crippen LogP contribution in [0.1, 0.15) is 20.3 Å². The molecule has 0 amide bonds. The quantitative estimate of drug-likeness (QED) is 0.720. The Labute approximate surface area is 78.3 Å². The van der Waals surface area contributed by atoms with Crippen LogP contribution in [0.2, 0.25) is 0 Å². The third-order valence-corrected chi connectivity index (χ3v) is 2.67. The number of halogens is 3. The zero-order chi connectivity index (χ0) is 8.48. The van der Waals surface area contributed by atoms with Crippen molar-refractivity contribution in [1.29, 1.82) is 0 Å². The number of hydrogen-bond acceptors (Lipinski definition) is 1. The minimum absolute atomic E-state index is 0. The van der Waals surface area contributed by atoms with Crippen molar-refractivity contribution in [3.8, 4) is 0 Å². The lowest BCUT2D eigenvalue weighted by molar-refractivity contribution is -0.0158. The predicted octanol–water partition coefficient (Wildman–Crippen LogP) is 2.31. The van der Waals surface area contributed by atoms with Crippen molar-refractivity contribution in [3.63, 3.8) is 0 Å². The average Bonchev–Trinajstić information content (AvgIpc) is 2.37. The Balaban J connectivity index is 0.00000121. The maximum Gasteiger partial charge on any atom is 0.243 e. The van der Waals surface area contributed by atoms with E-state index in [1.165, 1.54) is 0 Å². The summed E-state index contributed by atoms with van der Waals surface area (Å²) >= 11 is 0. The van der Waals surface area contributed by atoms with Crippen LogP contribution in [0.25, 0.3) is 0 Å². The smallest absolute Gasteiger partial charge is 0.243 e. The highest BCUT2D eigenvalue weighted by Crippen LogP contribution is 2.36. The highest BCUT2D eigenvalue weighted by Gasteiger charge is 2.39. The van der Waals surface area contributed by atoms with Crippen LogP contribution in [0.15, 0.2) is 0 Å². The second kappa shape index (κ2) is 4.38. The normalized spacial score (nSPS) is 24.2. The molecule has 1 rings (SSSR count). The molecule has 0 spiro atoms. The maximum absolute atomic E-state index is 12.4. The van der Waals surface area contributed by atoms with Crippen LogP contribution < -0.4 is 5.32 Å². The van der Waals surface area contributed by atoms with Gasteiger partial charge in [0.25, 0.3) is 0 Å². The minimum Gasteiger partial charge on any atom is -0.316 e. The number of hydrogen-bond donors (Lipinski definition) is 1. The first-order valence-electron chi connectivity index (χ1n) is 4.04. The Bertz CT molecular complexity index is 133. The van der Waals surface area contributed by atoms with Crippen molar-refractivity contribution in [1.82, 2.24) is 5.32 Å². The summed E-state index contributed by atoms with van der Waals surface area (Å²) in [5.41, 5.74) is -0.816. The van der Waals surface area contributed by atoms with Gasteiger partial charge >= 0.3 is 0 Å². The largest absolute Gasteiger partial charge is 0.316 e. The van der Waals surface area contributed by atoms with Crippen molar-refractivity contribution in [2.24, 2.45) is 11.3 Å². The van der Waals surface area contributed by atoms with Gasteiger partial charge in [-0.15, -0.1) is 12.4 Å². The van der Waals surface area contributed by atoms with Gasteiger partial charge in [-0.05, 0) is 25.4 Å². The number of alkyl halides is 2. The van der Waals surface area contributed by atoms with Crippen molar-refractivity contribution < 1.29 is 8.78 Å². The number of rotatable bonds is 2. The van der Waals surface area contributed by atoms with Crippen molar-refractivity contribution in [2.75, 3.05) is 13.1 Å². The molecule has 1 unspecified atom stereocenters. The summed E-state index contributed by atoms with van der Waals surface area (Å²) in [6, 6.07) is 0. The van der Waals surface area contributed by atoms with Crippen LogP contribution >= 0.6 is 12.4 Å². The molecule has 1 fully saturated rings. The molecule has 0 radical (unpaired) electrons. The van der Waals surface area contributed by atoms with Crippen LogP contribution in [0.5, 0.6) is 0 Å². The third kappa shape index (κ3) is 2.30. The van der Waals surface area contributed by atoms with Crippen LogP contribution in [-0.2, 0) is 0 Å². The summed E-state index contributed by atoms with van der Waals surface area (Å²) in [6.45, 7) is 4.93. The SMILES string of the molecule is CC(C)(C(F)F)C1CCNC1.Cl. The molecule has 1 atom stereocenters. The molecule has 0 aliphatic carbocycles. The first-order chi connectivity index (χ1) is 5.05. The molecule has 0 aromatic rings. The predicted molar refractivity (Wildman–Crippen MR) is 48.0 cm³/mol. The van der Waals surface area contributed by atoms with E-state index in [2.05, 4.69) is 5.32 Å². The second-order valence-electron chi connectivity index (χ2n) is 3.81. The van der Waals surface area contributed by atoms with Gasteiger partial charge in [-0.2, -0.15) is 0 Å². The molecule has 1 saturated heterocycles. The van der Waals surface area contributed by atoms with E-state index >= 15 is 0 Å². The molecule has 4 heteroatoms. The lowest BCUT2D eigenvalue weighted by atomic mass is 9.79. The van der Waals surface area contributed by atoms with E-state index < -0.39 is 11.8 Å². The first kappa shape index (κ1) is 12.1. The zero-order valence-corrected chi connectivity index (χ0v) is 8.26. The molecule has 1 N–H and O–H groups in total. The van der Waals surface area contributed by atoms with Crippen molar-refractivity contribution in [2.45, 2.75) is 26.7 Å². The molecule has 0 saturated carbocycles. The average molecular weight is 200 g/mol. The van der Waals surface area contributed by atoms with E-state index in [4.69, 9.17) is 0 Å². The van der Waals surface area contributed by atoms with Gasteiger partial charge in [0.05, 0.1) is 0 Å². The monoisotopic (exact) mass is 199 g/mol. The Morgan fingerprint density at radius 2 is 2.00 bits per heavy atom. The van der Waals surface area contributed by atoms with Gasteiger partial charge < -0.3 is 5.32 Å². The molecular weight excluding hydrogens is 184 g/mol. The summed E-state index contributed by atoms with van der Waals surface area (Å²) in [5, 5.41) is 3.10. The summed E-state index contributed by atoms with van der Waals surface area (Å²) in [6.07, 6.45) is -1.32. The van der Waals surface area contributed by atoms with Gasteiger partial charge in [-0.3, -0.25) is 0 Å². The fourth-order valence-corrected chi connectivity index (χ4v) is 1.47. The molecule has 1 nitrogen and oxygen atoms in total. The lowest BCUT2D eigenvalue weighted by Gasteiger charge is -2.29. The molecule has 1 aliphatic heterocycles. The van der Waals surface area contributed by atoms with Gasteiger partial charge in [0.2, 0.25) is 6.43 Å². The zero-order valence-electron chi connectivity index (χ0n) is 7.44. The van der Waals surface area contributed by atoms with E-state index in [-0.39, 0.29) is 18.3 Å². The fraction of sp³-hybridized carbons (Fsp3) is 1.00. The third-order valence-electron chi connectivity index (χ3n) is 2.67. The van der Waals surface area contributed by atoms with Crippen LogP contribution in [0, 0.1) is 11.3 Å². The van der Waals surface area contributed by atoms with Crippen LogP contribution in [0.3, 0.4) is 0 Å². The van der Waals surface area contributed by atoms with Crippen molar-refractivity contribution >= 4 is 12.4 Å². The molecule has 12 heavy (non-hydrogen) atoms. The Morgan fingerprint density at radius 3 is 2.33 bits per heavy atom. The molecule has 0 aromatic heterocycles. The molecular formula is C8H16ClF2N. The molecule has 1 aliphatic rings. The van der Waals surface area contributed by atoms with E-state index in [1.807, 2.05) is 0 Å². The van der Waals surface area contributed by atoms with E-state index in [0.29, 0.717) is 0 Å². The van der Waals surface area contributed by atoms with E-state index in [0.717, 1.165) is 19.5 Å². The van der Waals surface area contributed by atoms with Crippen LogP contribution in [0.4, 0.5) is 8.78 Å². The van der Waals surface area contributed by atoms with Crippen LogP contribution in [-0.4, -0.2) is 19.5 Å². The Kier molecular flexibility index (Phi) is 4.42. The maximum atomic E-state index is 12.4. The molecule has 0 aromatic carbocycles. The molecule has 0 bridgehead atoms. The number of nitrogens with one attached hydrogen (secondary N) is 1. The lowest BCUT2D eigenvalue weighted by Crippen LogP contribution is -2.32. The van der Waals surface area contributed by atoms with E-state index in [1.54, 1.807) is 13.8 Å². The first-order valence-corrected chi connectivity index (χ1v) is 4.04. The summed E-state index contributed by atoms with van der Waals surface area (Å²) in [4.78, 5) is 0. The molecule has 1 heterocycles. The fourth-order valence-electron chi connectivity index (χ4n) is 1.47. The minimum atomic E-state index is -2.20. The second-order valence-corrected chi connectivity index (χ2v) is 3.81. The van der Waals surface area contributed by atoms with Gasteiger partial charge in [-0.1, -0.05) is 13.8 Å². The Morgan fingerprint density at radius 1 is 1.42 bits per heavy atom. The summed E-state index contributed by atoms with van der Waals surface area (Å²) in [5.74, 6) is 0.141.